The molecule has 0 atom stereocenters. The quantitative estimate of drug-likeness (QED) is 0.359. The number of amides is 1. The zero-order valence-electron chi connectivity index (χ0n) is 23.3. The molecule has 41 heavy (non-hydrogen) atoms. The van der Waals surface area contributed by atoms with Gasteiger partial charge in [0.25, 0.3) is 0 Å². The first-order chi connectivity index (χ1) is 20.1. The number of fused-ring (bicyclic) bond motifs is 1. The minimum Gasteiger partial charge on any atom is -0.481 e. The molecule has 5 heterocycles. The van der Waals surface area contributed by atoms with Crippen molar-refractivity contribution in [2.75, 3.05) is 63.8 Å². The third kappa shape index (κ3) is 5.79. The smallest absolute Gasteiger partial charge is 0.411 e. The molecule has 2 fully saturated rings. The number of carbonyl (C=O) groups is 1. The number of aromatic nitrogens is 5. The molecule has 0 saturated carbocycles. The molecule has 1 aromatic carbocycles. The van der Waals surface area contributed by atoms with E-state index in [1.165, 1.54) is 7.11 Å². The van der Waals surface area contributed by atoms with Crippen molar-refractivity contribution in [2.45, 2.75) is 25.4 Å². The summed E-state index contributed by atoms with van der Waals surface area (Å²) >= 11 is 0. The van der Waals surface area contributed by atoms with Crippen LogP contribution in [0.4, 0.5) is 16.3 Å². The van der Waals surface area contributed by atoms with Gasteiger partial charge in [0.1, 0.15) is 5.82 Å². The van der Waals surface area contributed by atoms with Crippen LogP contribution in [0.5, 0.6) is 5.88 Å². The maximum atomic E-state index is 11.6. The minimum absolute atomic E-state index is 0.228. The lowest BCUT2D eigenvalue weighted by molar-refractivity contribution is 0.122. The van der Waals surface area contributed by atoms with Crippen LogP contribution in [0.1, 0.15) is 24.4 Å². The molecule has 4 aromatic rings. The van der Waals surface area contributed by atoms with Crippen molar-refractivity contribution in [3.63, 3.8) is 0 Å². The molecule has 0 bridgehead atoms. The number of hydrogen-bond acceptors (Lipinski definition) is 10. The summed E-state index contributed by atoms with van der Waals surface area (Å²) in [5.41, 5.74) is 3.42. The van der Waals surface area contributed by atoms with E-state index in [1.807, 2.05) is 36.5 Å². The summed E-state index contributed by atoms with van der Waals surface area (Å²) in [6, 6.07) is 11.7. The van der Waals surface area contributed by atoms with Crippen molar-refractivity contribution >= 4 is 28.6 Å². The van der Waals surface area contributed by atoms with Crippen molar-refractivity contribution in [3.8, 4) is 17.3 Å². The van der Waals surface area contributed by atoms with Crippen LogP contribution in [-0.2, 0) is 16.0 Å². The lowest BCUT2D eigenvalue weighted by atomic mass is 10.0. The number of benzene rings is 1. The van der Waals surface area contributed by atoms with Gasteiger partial charge in [-0.05, 0) is 43.2 Å². The molecule has 0 radical (unpaired) electrons. The average Bonchev–Trinajstić information content (AvgIpc) is 3.46. The average molecular weight is 559 g/mol. The SMILES string of the molecule is COC(=O)Nc1ccc(-c2nc(N3CCOCC3)c3cnn(C4CCN(Cc5cccnc5OC)CC4)c3n2)cc1. The number of carbonyl (C=O) groups excluding carboxylic acids is 1. The number of nitrogens with one attached hydrogen (secondary N) is 1. The Labute approximate surface area is 238 Å². The first-order valence-electron chi connectivity index (χ1n) is 13.9. The van der Waals surface area contributed by atoms with Crippen molar-refractivity contribution in [1.29, 1.82) is 0 Å². The van der Waals surface area contributed by atoms with E-state index in [0.29, 0.717) is 30.6 Å². The highest BCUT2D eigenvalue weighted by molar-refractivity contribution is 5.89. The molecule has 1 amide bonds. The van der Waals surface area contributed by atoms with Crippen LogP contribution in [0.15, 0.2) is 48.8 Å². The van der Waals surface area contributed by atoms with E-state index in [0.717, 1.165) is 73.5 Å². The van der Waals surface area contributed by atoms with Gasteiger partial charge < -0.3 is 19.1 Å². The van der Waals surface area contributed by atoms with Crippen molar-refractivity contribution in [3.05, 3.63) is 54.4 Å². The predicted molar refractivity (Wildman–Crippen MR) is 154 cm³/mol. The first kappa shape index (κ1) is 26.9. The third-order valence-electron chi connectivity index (χ3n) is 7.66. The summed E-state index contributed by atoms with van der Waals surface area (Å²) in [4.78, 5) is 30.7. The lowest BCUT2D eigenvalue weighted by Crippen LogP contribution is -2.37. The van der Waals surface area contributed by atoms with Crippen molar-refractivity contribution in [1.82, 2.24) is 29.6 Å². The Bertz CT molecular complexity index is 1490. The second kappa shape index (κ2) is 12.1. The maximum Gasteiger partial charge on any atom is 0.411 e. The van der Waals surface area contributed by atoms with Gasteiger partial charge in [-0.1, -0.05) is 6.07 Å². The van der Waals surface area contributed by atoms with E-state index in [2.05, 4.69) is 30.8 Å². The highest BCUT2D eigenvalue weighted by Crippen LogP contribution is 2.33. The molecule has 3 aromatic heterocycles. The van der Waals surface area contributed by atoms with Crippen LogP contribution in [0, 0.1) is 0 Å². The Hall–Kier alpha value is -4.29. The maximum absolute atomic E-state index is 11.6. The lowest BCUT2D eigenvalue weighted by Gasteiger charge is -2.32. The predicted octanol–water partition coefficient (Wildman–Crippen LogP) is 3.75. The third-order valence-corrected chi connectivity index (χ3v) is 7.66. The summed E-state index contributed by atoms with van der Waals surface area (Å²) < 4.78 is 17.8. The fourth-order valence-electron chi connectivity index (χ4n) is 5.49. The molecule has 12 heteroatoms. The van der Waals surface area contributed by atoms with E-state index >= 15 is 0 Å². The molecule has 2 aliphatic rings. The van der Waals surface area contributed by atoms with Crippen molar-refractivity contribution in [2.24, 2.45) is 0 Å². The second-order valence-corrected chi connectivity index (χ2v) is 10.2. The number of nitrogens with zero attached hydrogens (tertiary/aromatic N) is 7. The van der Waals surface area contributed by atoms with Gasteiger partial charge in [-0.3, -0.25) is 10.2 Å². The fraction of sp³-hybridized carbons (Fsp3) is 0.414. The number of ether oxygens (including phenoxy) is 3. The van der Waals surface area contributed by atoms with Crippen LogP contribution in [0.3, 0.4) is 0 Å². The largest absolute Gasteiger partial charge is 0.481 e. The molecule has 0 aliphatic carbocycles. The summed E-state index contributed by atoms with van der Waals surface area (Å²) in [7, 11) is 3.00. The molecule has 2 saturated heterocycles. The van der Waals surface area contributed by atoms with E-state index in [9.17, 15) is 4.79 Å². The minimum atomic E-state index is -0.514. The van der Waals surface area contributed by atoms with E-state index in [4.69, 9.17) is 29.3 Å². The van der Waals surface area contributed by atoms with E-state index in [-0.39, 0.29) is 6.04 Å². The topological polar surface area (TPSA) is 120 Å². The van der Waals surface area contributed by atoms with Gasteiger partial charge in [0.2, 0.25) is 5.88 Å². The Kier molecular flexibility index (Phi) is 7.92. The Balaban J connectivity index is 1.27. The van der Waals surface area contributed by atoms with Crippen LogP contribution < -0.4 is 15.0 Å². The van der Waals surface area contributed by atoms with Crippen LogP contribution in [0.25, 0.3) is 22.4 Å². The number of anilines is 2. The van der Waals surface area contributed by atoms with Crippen molar-refractivity contribution < 1.29 is 19.0 Å². The molecule has 12 nitrogen and oxygen atoms in total. The van der Waals surface area contributed by atoms with Gasteiger partial charge in [-0.15, -0.1) is 0 Å². The zero-order valence-corrected chi connectivity index (χ0v) is 23.3. The summed E-state index contributed by atoms with van der Waals surface area (Å²) in [6.45, 7) is 5.51. The van der Waals surface area contributed by atoms with Gasteiger partial charge >= 0.3 is 6.09 Å². The number of piperidine rings is 1. The molecular weight excluding hydrogens is 524 g/mol. The molecule has 0 unspecified atom stereocenters. The molecule has 6 rings (SSSR count). The number of methoxy groups -OCH3 is 2. The molecule has 0 spiro atoms. The van der Waals surface area contributed by atoms with E-state index < -0.39 is 6.09 Å². The molecule has 1 N–H and O–H groups in total. The Morgan fingerprint density at radius 3 is 2.56 bits per heavy atom. The number of hydrogen-bond donors (Lipinski definition) is 1. The van der Waals surface area contributed by atoms with Crippen LogP contribution in [0.2, 0.25) is 0 Å². The number of likely N-dealkylation sites (tertiary alicyclic amines) is 1. The van der Waals surface area contributed by atoms with Gasteiger partial charge in [0, 0.05) is 55.7 Å². The van der Waals surface area contributed by atoms with Crippen LogP contribution in [-0.4, -0.2) is 89.3 Å². The fourth-order valence-corrected chi connectivity index (χ4v) is 5.49. The monoisotopic (exact) mass is 558 g/mol. The van der Waals surface area contributed by atoms with Gasteiger partial charge in [0.05, 0.1) is 45.1 Å². The van der Waals surface area contributed by atoms with Gasteiger partial charge in [0.15, 0.2) is 11.5 Å². The van der Waals surface area contributed by atoms with Crippen LogP contribution >= 0.6 is 0 Å². The Morgan fingerprint density at radius 2 is 1.83 bits per heavy atom. The first-order valence-corrected chi connectivity index (χ1v) is 13.9. The summed E-state index contributed by atoms with van der Waals surface area (Å²) in [5.74, 6) is 2.17. The number of morpholine rings is 1. The highest BCUT2D eigenvalue weighted by Gasteiger charge is 2.26. The van der Waals surface area contributed by atoms with Gasteiger partial charge in [-0.25, -0.2) is 24.4 Å². The molecule has 2 aliphatic heterocycles. The Morgan fingerprint density at radius 1 is 1.05 bits per heavy atom. The summed E-state index contributed by atoms with van der Waals surface area (Å²) in [5, 5.41) is 8.48. The highest BCUT2D eigenvalue weighted by atomic mass is 16.5. The normalized spacial score (nSPS) is 16.6. The second-order valence-electron chi connectivity index (χ2n) is 10.2. The zero-order chi connectivity index (χ0) is 28.2. The summed E-state index contributed by atoms with van der Waals surface area (Å²) in [6.07, 6.45) is 5.06. The standard InChI is InChI=1S/C29H34N8O4/c1-39-28-21(4-3-11-30-28)19-35-12-9-23(10-13-35)37-27-24(18-31-37)26(36-14-16-41-17-15-36)33-25(34-27)20-5-7-22(8-6-20)32-29(38)40-2/h3-8,11,18,23H,9-10,12-17,19H2,1-2H3,(H,32,38). The molecular formula is C29H34N8O4. The molecule has 214 valence electrons. The van der Waals surface area contributed by atoms with E-state index in [1.54, 1.807) is 13.3 Å². The van der Waals surface area contributed by atoms with Gasteiger partial charge in [-0.2, -0.15) is 5.10 Å². The number of pyridine rings is 1. The number of rotatable bonds is 7.